The number of methoxy groups -OCH3 is 1. The van der Waals surface area contributed by atoms with Gasteiger partial charge in [0.2, 0.25) is 0 Å². The van der Waals surface area contributed by atoms with Crippen LogP contribution in [0.2, 0.25) is 0 Å². The molecule has 1 aromatic carbocycles. The number of benzene rings is 1. The molecule has 0 aliphatic heterocycles. The van der Waals surface area contributed by atoms with Crippen LogP contribution in [0.4, 0.5) is 20.2 Å². The van der Waals surface area contributed by atoms with Crippen molar-refractivity contribution in [2.24, 2.45) is 0 Å². The zero-order chi connectivity index (χ0) is 13.9. The highest BCUT2D eigenvalue weighted by atomic mass is 19.3. The minimum atomic E-state index is -3.39. The van der Waals surface area contributed by atoms with Crippen molar-refractivity contribution in [3.8, 4) is 5.75 Å². The molecule has 0 atom stereocenters. The molecule has 18 heavy (non-hydrogen) atoms. The van der Waals surface area contributed by atoms with E-state index in [1.807, 2.05) is 0 Å². The summed E-state index contributed by atoms with van der Waals surface area (Å²) in [5, 5.41) is 2.68. The lowest BCUT2D eigenvalue weighted by Crippen LogP contribution is -2.20. The zero-order valence-corrected chi connectivity index (χ0v) is 10.2. The van der Waals surface area contributed by atoms with Crippen molar-refractivity contribution in [3.63, 3.8) is 0 Å². The molecule has 0 fully saturated rings. The molecule has 0 heterocycles. The van der Waals surface area contributed by atoms with Gasteiger partial charge in [-0.25, -0.2) is 4.79 Å². The van der Waals surface area contributed by atoms with Gasteiger partial charge in [-0.2, -0.15) is 8.78 Å². The van der Waals surface area contributed by atoms with E-state index in [1.54, 1.807) is 7.05 Å². The van der Waals surface area contributed by atoms with Crippen LogP contribution in [-0.2, 0) is 4.74 Å². The Hall–Kier alpha value is -2.05. The molecule has 0 amide bonds. The minimum Gasteiger partial charge on any atom is -0.465 e. The predicted molar refractivity (Wildman–Crippen MR) is 63.0 cm³/mol. The molecule has 0 aliphatic rings. The van der Waals surface area contributed by atoms with Gasteiger partial charge in [-0.15, -0.1) is 0 Å². The minimum absolute atomic E-state index is 0.00771. The van der Waals surface area contributed by atoms with Crippen molar-refractivity contribution in [1.82, 2.24) is 0 Å². The van der Waals surface area contributed by atoms with Crippen LogP contribution in [0.1, 0.15) is 17.3 Å². The number of anilines is 2. The lowest BCUT2D eigenvalue weighted by Gasteiger charge is -2.17. The number of carbonyl (C=O) groups excluding carboxylic acids is 1. The van der Waals surface area contributed by atoms with E-state index < -0.39 is 12.1 Å². The first-order chi connectivity index (χ1) is 8.28. The number of hydrogen-bond acceptors (Lipinski definition) is 5. The van der Waals surface area contributed by atoms with Crippen molar-refractivity contribution < 1.29 is 23.0 Å². The monoisotopic (exact) mass is 260 g/mol. The van der Waals surface area contributed by atoms with Crippen molar-refractivity contribution in [2.45, 2.75) is 13.0 Å². The Kier molecular flexibility index (Phi) is 3.95. The molecule has 0 saturated heterocycles. The van der Waals surface area contributed by atoms with Crippen molar-refractivity contribution in [2.75, 3.05) is 25.2 Å². The fourth-order valence-electron chi connectivity index (χ4n) is 1.35. The number of ether oxygens (including phenoxy) is 2. The van der Waals surface area contributed by atoms with Gasteiger partial charge < -0.3 is 20.5 Å². The molecular formula is C11H14F2N2O3. The third-order valence-corrected chi connectivity index (χ3v) is 2.12. The van der Waals surface area contributed by atoms with Crippen molar-refractivity contribution >= 4 is 17.3 Å². The van der Waals surface area contributed by atoms with E-state index in [2.05, 4.69) is 14.8 Å². The zero-order valence-electron chi connectivity index (χ0n) is 10.2. The predicted octanol–water partition coefficient (Wildman–Crippen LogP) is 2.09. The summed E-state index contributed by atoms with van der Waals surface area (Å²) in [6.07, 6.45) is -3.39. The SMILES string of the molecule is CNc1cc(C(=O)OC)cc(OC(C)(F)F)c1N. The van der Waals surface area contributed by atoms with E-state index in [1.165, 1.54) is 13.2 Å². The van der Waals surface area contributed by atoms with Gasteiger partial charge in [0.05, 0.1) is 24.0 Å². The van der Waals surface area contributed by atoms with Gasteiger partial charge in [0.15, 0.2) is 5.75 Å². The number of hydrogen-bond donors (Lipinski definition) is 2. The summed E-state index contributed by atoms with van der Waals surface area (Å²) in [7, 11) is 2.73. The molecule has 0 bridgehead atoms. The van der Waals surface area contributed by atoms with Crippen molar-refractivity contribution in [3.05, 3.63) is 17.7 Å². The van der Waals surface area contributed by atoms with Crippen LogP contribution in [-0.4, -0.2) is 26.2 Å². The average molecular weight is 260 g/mol. The maximum atomic E-state index is 12.8. The molecule has 7 heteroatoms. The molecule has 100 valence electrons. The van der Waals surface area contributed by atoms with E-state index in [9.17, 15) is 13.6 Å². The number of carbonyl (C=O) groups is 1. The summed E-state index contributed by atoms with van der Waals surface area (Å²) >= 11 is 0. The number of halogens is 2. The van der Waals surface area contributed by atoms with Gasteiger partial charge in [-0.1, -0.05) is 0 Å². The Morgan fingerprint density at radius 1 is 1.44 bits per heavy atom. The Labute approximate surface area is 103 Å². The van der Waals surface area contributed by atoms with E-state index in [4.69, 9.17) is 5.73 Å². The van der Waals surface area contributed by atoms with E-state index in [-0.39, 0.29) is 17.0 Å². The third kappa shape index (κ3) is 3.22. The normalized spacial score (nSPS) is 10.9. The first-order valence-corrected chi connectivity index (χ1v) is 5.05. The van der Waals surface area contributed by atoms with Gasteiger partial charge in [-0.3, -0.25) is 0 Å². The van der Waals surface area contributed by atoms with Crippen LogP contribution in [0.5, 0.6) is 5.75 Å². The van der Waals surface area contributed by atoms with Crippen LogP contribution in [0, 0.1) is 0 Å². The highest BCUT2D eigenvalue weighted by Crippen LogP contribution is 2.34. The largest absolute Gasteiger partial charge is 0.465 e. The topological polar surface area (TPSA) is 73.6 Å². The maximum absolute atomic E-state index is 12.8. The van der Waals surface area contributed by atoms with E-state index >= 15 is 0 Å². The second-order valence-corrected chi connectivity index (χ2v) is 3.59. The Balaban J connectivity index is 3.27. The van der Waals surface area contributed by atoms with Crippen LogP contribution >= 0.6 is 0 Å². The molecule has 0 aromatic heterocycles. The lowest BCUT2D eigenvalue weighted by atomic mass is 10.1. The van der Waals surface area contributed by atoms with Gasteiger partial charge in [0.25, 0.3) is 0 Å². The number of nitrogen functional groups attached to an aromatic ring is 1. The molecule has 1 aromatic rings. The van der Waals surface area contributed by atoms with Gasteiger partial charge in [-0.05, 0) is 12.1 Å². The number of nitrogens with one attached hydrogen (secondary N) is 1. The maximum Gasteiger partial charge on any atom is 0.394 e. The Morgan fingerprint density at radius 2 is 2.06 bits per heavy atom. The van der Waals surface area contributed by atoms with E-state index in [0.29, 0.717) is 12.6 Å². The second kappa shape index (κ2) is 5.07. The van der Waals surface area contributed by atoms with Crippen LogP contribution in [0.25, 0.3) is 0 Å². The van der Waals surface area contributed by atoms with E-state index in [0.717, 1.165) is 6.07 Å². The summed E-state index contributed by atoms with van der Waals surface area (Å²) in [5.41, 5.74) is 6.00. The number of nitrogens with two attached hydrogens (primary N) is 1. The number of esters is 1. The number of rotatable bonds is 4. The molecule has 0 unspecified atom stereocenters. The highest BCUT2D eigenvalue weighted by molar-refractivity contribution is 5.93. The molecule has 0 aliphatic carbocycles. The van der Waals surface area contributed by atoms with Gasteiger partial charge in [0.1, 0.15) is 0 Å². The first-order valence-electron chi connectivity index (χ1n) is 5.05. The molecule has 5 nitrogen and oxygen atoms in total. The molecule has 0 radical (unpaired) electrons. The standard InChI is InChI=1S/C11H14F2N2O3/c1-11(12,13)18-8-5-6(10(16)17-3)4-7(15-2)9(8)14/h4-5,15H,14H2,1-3H3. The van der Waals surface area contributed by atoms with Crippen molar-refractivity contribution in [1.29, 1.82) is 0 Å². The average Bonchev–Trinajstić information content (AvgIpc) is 2.29. The first kappa shape index (κ1) is 14.0. The van der Waals surface area contributed by atoms with Gasteiger partial charge in [0, 0.05) is 14.0 Å². The van der Waals surface area contributed by atoms with Gasteiger partial charge >= 0.3 is 12.1 Å². The van der Waals surface area contributed by atoms with Crippen LogP contribution in [0.3, 0.4) is 0 Å². The summed E-state index contributed by atoms with van der Waals surface area (Å²) in [4.78, 5) is 11.4. The second-order valence-electron chi connectivity index (χ2n) is 3.59. The highest BCUT2D eigenvalue weighted by Gasteiger charge is 2.26. The summed E-state index contributed by atoms with van der Waals surface area (Å²) < 4.78 is 34.6. The van der Waals surface area contributed by atoms with Crippen LogP contribution in [0.15, 0.2) is 12.1 Å². The number of alkyl halides is 2. The Bertz CT molecular complexity index is 458. The summed E-state index contributed by atoms with van der Waals surface area (Å²) in [6, 6.07) is 2.50. The molecule has 0 saturated carbocycles. The molecule has 1 rings (SSSR count). The third-order valence-electron chi connectivity index (χ3n) is 2.12. The van der Waals surface area contributed by atoms with Crippen LogP contribution < -0.4 is 15.8 Å². The lowest BCUT2D eigenvalue weighted by molar-refractivity contribution is -0.158. The quantitative estimate of drug-likeness (QED) is 0.640. The molecule has 3 N–H and O–H groups in total. The summed E-state index contributed by atoms with van der Waals surface area (Å²) in [6.45, 7) is 0.580. The molecular weight excluding hydrogens is 246 g/mol. The Morgan fingerprint density at radius 3 is 2.50 bits per heavy atom. The summed E-state index contributed by atoms with van der Waals surface area (Å²) in [5.74, 6) is -0.953. The fraction of sp³-hybridized carbons (Fsp3) is 0.364. The molecule has 0 spiro atoms. The fourth-order valence-corrected chi connectivity index (χ4v) is 1.35. The smallest absolute Gasteiger partial charge is 0.394 e.